The van der Waals surface area contributed by atoms with Crippen LogP contribution < -0.4 is 0 Å². The summed E-state index contributed by atoms with van der Waals surface area (Å²) in [6.45, 7) is 0.424. The summed E-state index contributed by atoms with van der Waals surface area (Å²) in [5.74, 6) is 2.37. The van der Waals surface area contributed by atoms with Gasteiger partial charge in [-0.15, -0.1) is 12.3 Å². The molecule has 21 heavy (non-hydrogen) atoms. The summed E-state index contributed by atoms with van der Waals surface area (Å²) in [7, 11) is 1.32. The standard InChI is InChI=1S/C16H17NO4/c1-3-11-8-9-17(16(19)20)14(10-11)12-4-6-13(7-5-12)15(18)21-2/h1,4-7,11,14H,8-10H2,2H3,(H,19,20)/t11?,14-/m0/s1. The summed E-state index contributed by atoms with van der Waals surface area (Å²) in [6, 6.07) is 6.52. The van der Waals surface area contributed by atoms with Crippen LogP contribution in [0.1, 0.15) is 34.8 Å². The first-order valence-electron chi connectivity index (χ1n) is 6.70. The zero-order valence-electron chi connectivity index (χ0n) is 11.8. The number of methoxy groups -OCH3 is 1. The summed E-state index contributed by atoms with van der Waals surface area (Å²) < 4.78 is 4.65. The predicted molar refractivity (Wildman–Crippen MR) is 76.8 cm³/mol. The Morgan fingerprint density at radius 1 is 1.38 bits per heavy atom. The highest BCUT2D eigenvalue weighted by atomic mass is 16.5. The lowest BCUT2D eigenvalue weighted by Gasteiger charge is -2.36. The Labute approximate surface area is 123 Å². The maximum atomic E-state index is 11.4. The smallest absolute Gasteiger partial charge is 0.407 e. The highest BCUT2D eigenvalue weighted by molar-refractivity contribution is 5.89. The number of carboxylic acid groups (broad SMARTS) is 1. The molecule has 0 radical (unpaired) electrons. The van der Waals surface area contributed by atoms with Crippen molar-refractivity contribution in [2.24, 2.45) is 5.92 Å². The first kappa shape index (κ1) is 14.9. The first-order chi connectivity index (χ1) is 10.1. The van der Waals surface area contributed by atoms with E-state index in [0.29, 0.717) is 24.9 Å². The Kier molecular flexibility index (Phi) is 4.49. The van der Waals surface area contributed by atoms with Crippen molar-refractivity contribution >= 4 is 12.1 Å². The maximum Gasteiger partial charge on any atom is 0.407 e. The Bertz CT molecular complexity index is 573. The average molecular weight is 287 g/mol. The molecule has 1 aliphatic heterocycles. The second-order valence-electron chi connectivity index (χ2n) is 4.99. The van der Waals surface area contributed by atoms with Gasteiger partial charge in [-0.3, -0.25) is 0 Å². The van der Waals surface area contributed by atoms with Gasteiger partial charge in [0.25, 0.3) is 0 Å². The normalized spacial score (nSPS) is 21.4. The minimum atomic E-state index is -0.951. The molecule has 5 heteroatoms. The zero-order chi connectivity index (χ0) is 15.4. The largest absolute Gasteiger partial charge is 0.465 e. The fourth-order valence-electron chi connectivity index (χ4n) is 2.62. The van der Waals surface area contributed by atoms with Crippen molar-refractivity contribution < 1.29 is 19.4 Å². The molecule has 2 rings (SSSR count). The highest BCUT2D eigenvalue weighted by Crippen LogP contribution is 2.34. The molecule has 1 aliphatic rings. The van der Waals surface area contributed by atoms with E-state index in [4.69, 9.17) is 6.42 Å². The van der Waals surface area contributed by atoms with Crippen LogP contribution >= 0.6 is 0 Å². The lowest BCUT2D eigenvalue weighted by atomic mass is 9.87. The third kappa shape index (κ3) is 3.16. The van der Waals surface area contributed by atoms with E-state index >= 15 is 0 Å². The van der Waals surface area contributed by atoms with Crippen molar-refractivity contribution in [3.63, 3.8) is 0 Å². The number of hydrogen-bond acceptors (Lipinski definition) is 3. The van der Waals surface area contributed by atoms with Crippen molar-refractivity contribution in [3.8, 4) is 12.3 Å². The molecule has 2 atom stereocenters. The van der Waals surface area contributed by atoms with Crippen LogP contribution in [0.4, 0.5) is 4.79 Å². The van der Waals surface area contributed by atoms with Crippen LogP contribution in [0.2, 0.25) is 0 Å². The number of terminal acetylenes is 1. The SMILES string of the molecule is C#CC1CCN(C(=O)O)[C@H](c2ccc(C(=O)OC)cc2)C1. The van der Waals surface area contributed by atoms with Gasteiger partial charge in [0.1, 0.15) is 0 Å². The molecule has 0 aromatic heterocycles. The van der Waals surface area contributed by atoms with E-state index < -0.39 is 12.1 Å². The molecule has 1 aromatic rings. The topological polar surface area (TPSA) is 66.8 Å². The quantitative estimate of drug-likeness (QED) is 0.670. The molecule has 0 aliphatic carbocycles. The molecule has 5 nitrogen and oxygen atoms in total. The van der Waals surface area contributed by atoms with E-state index in [1.807, 2.05) is 0 Å². The second-order valence-corrected chi connectivity index (χ2v) is 4.99. The third-order valence-electron chi connectivity index (χ3n) is 3.80. The maximum absolute atomic E-state index is 11.4. The molecule has 1 unspecified atom stereocenters. The van der Waals surface area contributed by atoms with Gasteiger partial charge in [-0.1, -0.05) is 12.1 Å². The number of carbonyl (C=O) groups excluding carboxylic acids is 1. The van der Waals surface area contributed by atoms with Crippen LogP contribution in [0.15, 0.2) is 24.3 Å². The molecule has 0 saturated carbocycles. The summed E-state index contributed by atoms with van der Waals surface area (Å²) in [5, 5.41) is 9.31. The minimum Gasteiger partial charge on any atom is -0.465 e. The van der Waals surface area contributed by atoms with Gasteiger partial charge in [-0.05, 0) is 30.5 Å². The van der Waals surface area contributed by atoms with E-state index in [1.165, 1.54) is 12.0 Å². The summed E-state index contributed by atoms with van der Waals surface area (Å²) in [5.41, 5.74) is 1.28. The summed E-state index contributed by atoms with van der Waals surface area (Å²) in [6.07, 6.45) is 5.80. The Morgan fingerprint density at radius 2 is 2.05 bits per heavy atom. The molecule has 0 bridgehead atoms. The lowest BCUT2D eigenvalue weighted by Crippen LogP contribution is -2.40. The Morgan fingerprint density at radius 3 is 2.57 bits per heavy atom. The van der Waals surface area contributed by atoms with Crippen LogP contribution in [0.25, 0.3) is 0 Å². The van der Waals surface area contributed by atoms with Crippen molar-refractivity contribution in [1.82, 2.24) is 4.90 Å². The van der Waals surface area contributed by atoms with Crippen LogP contribution in [0.3, 0.4) is 0 Å². The number of piperidine rings is 1. The summed E-state index contributed by atoms with van der Waals surface area (Å²) in [4.78, 5) is 24.2. The highest BCUT2D eigenvalue weighted by Gasteiger charge is 2.31. The Hall–Kier alpha value is -2.48. The molecule has 1 fully saturated rings. The monoisotopic (exact) mass is 287 g/mol. The number of hydrogen-bond donors (Lipinski definition) is 1. The van der Waals surface area contributed by atoms with Crippen molar-refractivity contribution in [3.05, 3.63) is 35.4 Å². The number of esters is 1. The molecule has 0 spiro atoms. The van der Waals surface area contributed by atoms with Gasteiger partial charge in [0.15, 0.2) is 0 Å². The molecule has 1 N–H and O–H groups in total. The number of likely N-dealkylation sites (tertiary alicyclic amines) is 1. The number of benzene rings is 1. The molecular formula is C16H17NO4. The van der Waals surface area contributed by atoms with Crippen molar-refractivity contribution in [1.29, 1.82) is 0 Å². The van der Waals surface area contributed by atoms with E-state index in [2.05, 4.69) is 10.7 Å². The third-order valence-corrected chi connectivity index (χ3v) is 3.80. The first-order valence-corrected chi connectivity index (χ1v) is 6.70. The van der Waals surface area contributed by atoms with Crippen LogP contribution in [0, 0.1) is 18.3 Å². The van der Waals surface area contributed by atoms with Crippen molar-refractivity contribution in [2.75, 3.05) is 13.7 Å². The van der Waals surface area contributed by atoms with Crippen molar-refractivity contribution in [2.45, 2.75) is 18.9 Å². The number of nitrogens with zero attached hydrogens (tertiary/aromatic N) is 1. The predicted octanol–water partition coefficient (Wildman–Crippen LogP) is 2.54. The lowest BCUT2D eigenvalue weighted by molar-refractivity contribution is 0.0600. The van der Waals surface area contributed by atoms with Gasteiger partial charge in [0.2, 0.25) is 0 Å². The summed E-state index contributed by atoms with van der Waals surface area (Å²) >= 11 is 0. The molecular weight excluding hydrogens is 270 g/mol. The van der Waals surface area contributed by atoms with E-state index in [0.717, 1.165) is 5.56 Å². The minimum absolute atomic E-state index is 0.0749. The fraction of sp³-hybridized carbons (Fsp3) is 0.375. The van der Waals surface area contributed by atoms with Gasteiger partial charge in [-0.2, -0.15) is 0 Å². The number of carbonyl (C=O) groups is 2. The van der Waals surface area contributed by atoms with E-state index in [1.54, 1.807) is 24.3 Å². The molecule has 1 amide bonds. The average Bonchev–Trinajstić information content (AvgIpc) is 2.53. The number of rotatable bonds is 2. The second kappa shape index (κ2) is 6.31. The van der Waals surface area contributed by atoms with Gasteiger partial charge in [-0.25, -0.2) is 9.59 Å². The van der Waals surface area contributed by atoms with E-state index in [9.17, 15) is 14.7 Å². The van der Waals surface area contributed by atoms with Gasteiger partial charge in [0, 0.05) is 12.5 Å². The molecule has 110 valence electrons. The van der Waals surface area contributed by atoms with Gasteiger partial charge in [0.05, 0.1) is 18.7 Å². The van der Waals surface area contributed by atoms with Gasteiger partial charge < -0.3 is 14.7 Å². The molecule has 1 heterocycles. The Balaban J connectivity index is 2.25. The number of ether oxygens (including phenoxy) is 1. The van der Waals surface area contributed by atoms with Crippen LogP contribution in [0.5, 0.6) is 0 Å². The van der Waals surface area contributed by atoms with Crippen LogP contribution in [-0.4, -0.2) is 35.7 Å². The fourth-order valence-corrected chi connectivity index (χ4v) is 2.62. The number of amides is 1. The zero-order valence-corrected chi connectivity index (χ0v) is 11.8. The van der Waals surface area contributed by atoms with Crippen LogP contribution in [-0.2, 0) is 4.74 Å². The molecule has 1 saturated heterocycles. The van der Waals surface area contributed by atoms with Gasteiger partial charge >= 0.3 is 12.1 Å². The van der Waals surface area contributed by atoms with E-state index in [-0.39, 0.29) is 12.0 Å². The molecule has 1 aromatic carbocycles.